The number of amides is 1. The highest BCUT2D eigenvalue weighted by atomic mass is 35.5. The maximum Gasteiger partial charge on any atom is 0.310 e. The quantitative estimate of drug-likeness (QED) is 0.759. The molecule has 1 aliphatic carbocycles. The Morgan fingerprint density at radius 3 is 2.48 bits per heavy atom. The molecule has 1 aromatic rings. The third kappa shape index (κ3) is 4.46. The van der Waals surface area contributed by atoms with Gasteiger partial charge in [-0.1, -0.05) is 30.7 Å². The summed E-state index contributed by atoms with van der Waals surface area (Å²) in [6.07, 6.45) is 1.89. The Kier molecular flexibility index (Phi) is 5.23. The van der Waals surface area contributed by atoms with Crippen molar-refractivity contribution >= 4 is 23.5 Å². The minimum Gasteiger partial charge on any atom is -0.469 e. The first-order chi connectivity index (χ1) is 10.0. The van der Waals surface area contributed by atoms with E-state index in [9.17, 15) is 9.59 Å². The molecule has 5 heteroatoms. The molecule has 0 heterocycles. The van der Waals surface area contributed by atoms with Crippen molar-refractivity contribution in [2.45, 2.75) is 26.3 Å². The number of hydrogen-bond acceptors (Lipinski definition) is 3. The lowest BCUT2D eigenvalue weighted by atomic mass is 10.1. The van der Waals surface area contributed by atoms with Crippen LogP contribution in [0.1, 0.15) is 25.3 Å². The van der Waals surface area contributed by atoms with E-state index in [-0.39, 0.29) is 23.7 Å². The summed E-state index contributed by atoms with van der Waals surface area (Å²) in [7, 11) is 1.37. The van der Waals surface area contributed by atoms with E-state index in [1.807, 2.05) is 12.1 Å². The predicted molar refractivity (Wildman–Crippen MR) is 80.8 cm³/mol. The van der Waals surface area contributed by atoms with Crippen LogP contribution in [-0.2, 0) is 20.9 Å². The standard InChI is InChI=1S/C16H20ClNO3/c1-11(16(20)21-2)9-18(15(19)13-5-6-13)10-12-3-7-14(17)8-4-12/h3-4,7-8,11,13H,5-6,9-10H2,1-2H3. The van der Waals surface area contributed by atoms with Crippen LogP contribution in [0.5, 0.6) is 0 Å². The molecule has 0 bridgehead atoms. The average Bonchev–Trinajstić information content (AvgIpc) is 3.31. The Morgan fingerprint density at radius 2 is 1.95 bits per heavy atom. The molecule has 1 amide bonds. The molecule has 0 N–H and O–H groups in total. The smallest absolute Gasteiger partial charge is 0.310 e. The highest BCUT2D eigenvalue weighted by Gasteiger charge is 2.34. The summed E-state index contributed by atoms with van der Waals surface area (Å²) >= 11 is 5.87. The molecule has 1 aromatic carbocycles. The third-order valence-corrected chi connectivity index (χ3v) is 3.87. The number of nitrogens with zero attached hydrogens (tertiary/aromatic N) is 1. The maximum absolute atomic E-state index is 12.4. The zero-order valence-corrected chi connectivity index (χ0v) is 13.1. The van der Waals surface area contributed by atoms with E-state index in [0.717, 1.165) is 18.4 Å². The van der Waals surface area contributed by atoms with Gasteiger partial charge in [0.25, 0.3) is 0 Å². The molecule has 1 aliphatic rings. The Hall–Kier alpha value is -1.55. The van der Waals surface area contributed by atoms with E-state index in [2.05, 4.69) is 0 Å². The van der Waals surface area contributed by atoms with Gasteiger partial charge in [0.2, 0.25) is 5.91 Å². The fourth-order valence-corrected chi connectivity index (χ4v) is 2.36. The normalized spacial score (nSPS) is 15.4. The Balaban J connectivity index is 2.06. The van der Waals surface area contributed by atoms with Gasteiger partial charge in [-0.25, -0.2) is 0 Å². The topological polar surface area (TPSA) is 46.6 Å². The van der Waals surface area contributed by atoms with Crippen molar-refractivity contribution in [2.75, 3.05) is 13.7 Å². The van der Waals surface area contributed by atoms with E-state index in [4.69, 9.17) is 16.3 Å². The highest BCUT2D eigenvalue weighted by molar-refractivity contribution is 6.30. The van der Waals surface area contributed by atoms with Gasteiger partial charge >= 0.3 is 5.97 Å². The molecule has 1 saturated carbocycles. The zero-order valence-electron chi connectivity index (χ0n) is 12.3. The number of carbonyl (C=O) groups excluding carboxylic acids is 2. The molecule has 0 radical (unpaired) electrons. The second-order valence-electron chi connectivity index (χ2n) is 5.54. The second kappa shape index (κ2) is 6.94. The Labute approximate surface area is 130 Å². The molecule has 1 atom stereocenters. The molecule has 1 unspecified atom stereocenters. The van der Waals surface area contributed by atoms with Gasteiger partial charge in [-0.3, -0.25) is 9.59 Å². The molecule has 4 nitrogen and oxygen atoms in total. The van der Waals surface area contributed by atoms with E-state index in [1.54, 1.807) is 24.0 Å². The highest BCUT2D eigenvalue weighted by Crippen LogP contribution is 2.32. The molecule has 0 aromatic heterocycles. The number of ether oxygens (including phenoxy) is 1. The SMILES string of the molecule is COC(=O)C(C)CN(Cc1ccc(Cl)cc1)C(=O)C1CC1. The van der Waals surface area contributed by atoms with Gasteiger partial charge in [-0.2, -0.15) is 0 Å². The number of hydrogen-bond donors (Lipinski definition) is 0. The van der Waals surface area contributed by atoms with Crippen LogP contribution in [0.15, 0.2) is 24.3 Å². The number of esters is 1. The van der Waals surface area contributed by atoms with E-state index < -0.39 is 0 Å². The summed E-state index contributed by atoms with van der Waals surface area (Å²) < 4.78 is 4.74. The first-order valence-corrected chi connectivity index (χ1v) is 7.50. The zero-order chi connectivity index (χ0) is 15.4. The van der Waals surface area contributed by atoms with Crippen LogP contribution >= 0.6 is 11.6 Å². The van der Waals surface area contributed by atoms with Gasteiger partial charge in [0.05, 0.1) is 13.0 Å². The van der Waals surface area contributed by atoms with Crippen LogP contribution in [0, 0.1) is 11.8 Å². The van der Waals surface area contributed by atoms with Crippen molar-refractivity contribution in [2.24, 2.45) is 11.8 Å². The minimum atomic E-state index is -0.329. The summed E-state index contributed by atoms with van der Waals surface area (Å²) in [5, 5.41) is 0.668. The van der Waals surface area contributed by atoms with Crippen LogP contribution in [0.4, 0.5) is 0 Å². The summed E-state index contributed by atoms with van der Waals surface area (Å²) in [6.45, 7) is 2.65. The third-order valence-electron chi connectivity index (χ3n) is 3.62. The average molecular weight is 310 g/mol. The van der Waals surface area contributed by atoms with Gasteiger partial charge < -0.3 is 9.64 Å². The lowest BCUT2D eigenvalue weighted by Gasteiger charge is -2.25. The number of benzene rings is 1. The minimum absolute atomic E-state index is 0.126. The molecule has 1 fully saturated rings. The maximum atomic E-state index is 12.4. The van der Waals surface area contributed by atoms with Gasteiger partial charge in [-0.05, 0) is 30.5 Å². The summed E-state index contributed by atoms with van der Waals surface area (Å²) in [5.74, 6) is -0.368. The van der Waals surface area contributed by atoms with E-state index in [1.165, 1.54) is 7.11 Å². The molecular formula is C16H20ClNO3. The van der Waals surface area contributed by atoms with Crippen LogP contribution in [0.25, 0.3) is 0 Å². The van der Waals surface area contributed by atoms with E-state index >= 15 is 0 Å². The van der Waals surface area contributed by atoms with Crippen LogP contribution in [0.3, 0.4) is 0 Å². The molecule has 0 aliphatic heterocycles. The Bertz CT molecular complexity index is 511. The van der Waals surface area contributed by atoms with Crippen LogP contribution < -0.4 is 0 Å². The lowest BCUT2D eigenvalue weighted by Crippen LogP contribution is -2.37. The fourth-order valence-electron chi connectivity index (χ4n) is 2.24. The largest absolute Gasteiger partial charge is 0.469 e. The van der Waals surface area contributed by atoms with Gasteiger partial charge in [0.1, 0.15) is 0 Å². The lowest BCUT2D eigenvalue weighted by molar-refractivity contribution is -0.146. The molecule has 0 spiro atoms. The first kappa shape index (κ1) is 15.8. The van der Waals surface area contributed by atoms with Crippen LogP contribution in [0.2, 0.25) is 5.02 Å². The molecule has 21 heavy (non-hydrogen) atoms. The van der Waals surface area contributed by atoms with Crippen molar-refractivity contribution in [3.8, 4) is 0 Å². The van der Waals surface area contributed by atoms with Gasteiger partial charge in [0.15, 0.2) is 0 Å². The summed E-state index contributed by atoms with van der Waals surface area (Å²) in [5.41, 5.74) is 1.01. The van der Waals surface area contributed by atoms with Crippen molar-refractivity contribution in [3.63, 3.8) is 0 Å². The number of carbonyl (C=O) groups is 2. The van der Waals surface area contributed by atoms with E-state index in [0.29, 0.717) is 18.1 Å². The second-order valence-corrected chi connectivity index (χ2v) is 5.98. The van der Waals surface area contributed by atoms with Crippen molar-refractivity contribution in [1.29, 1.82) is 0 Å². The summed E-state index contributed by atoms with van der Waals surface area (Å²) in [6, 6.07) is 7.41. The van der Waals surface area contributed by atoms with Gasteiger partial charge in [-0.15, -0.1) is 0 Å². The molecule has 2 rings (SSSR count). The van der Waals surface area contributed by atoms with Crippen molar-refractivity contribution < 1.29 is 14.3 Å². The van der Waals surface area contributed by atoms with Crippen molar-refractivity contribution in [1.82, 2.24) is 4.90 Å². The molecular weight excluding hydrogens is 290 g/mol. The summed E-state index contributed by atoms with van der Waals surface area (Å²) in [4.78, 5) is 25.7. The fraction of sp³-hybridized carbons (Fsp3) is 0.500. The number of halogens is 1. The van der Waals surface area contributed by atoms with Gasteiger partial charge in [0, 0.05) is 24.0 Å². The molecule has 114 valence electrons. The van der Waals surface area contributed by atoms with Crippen LogP contribution in [-0.4, -0.2) is 30.4 Å². The first-order valence-electron chi connectivity index (χ1n) is 7.12. The number of rotatable bonds is 6. The predicted octanol–water partition coefficient (Wildman–Crippen LogP) is 2.89. The number of methoxy groups -OCH3 is 1. The monoisotopic (exact) mass is 309 g/mol. The van der Waals surface area contributed by atoms with Crippen molar-refractivity contribution in [3.05, 3.63) is 34.9 Å². The Morgan fingerprint density at radius 1 is 1.33 bits per heavy atom. The molecule has 0 saturated heterocycles.